The van der Waals surface area contributed by atoms with Crippen molar-refractivity contribution in [3.63, 3.8) is 0 Å². The van der Waals surface area contributed by atoms with Gasteiger partial charge in [-0.25, -0.2) is 9.18 Å². The maximum atomic E-state index is 13.1. The molecular formula is C13H12FNO3. The summed E-state index contributed by atoms with van der Waals surface area (Å²) in [7, 11) is 0. The number of ether oxygens (including phenoxy) is 1. The molecule has 0 atom stereocenters. The molecular weight excluding hydrogens is 237 g/mol. The van der Waals surface area contributed by atoms with Crippen molar-refractivity contribution in [1.82, 2.24) is 0 Å². The van der Waals surface area contributed by atoms with Gasteiger partial charge in [0, 0.05) is 5.56 Å². The Labute approximate surface area is 104 Å². The molecule has 0 spiro atoms. The molecule has 1 aromatic rings. The van der Waals surface area contributed by atoms with Crippen LogP contribution in [0.5, 0.6) is 0 Å². The number of hydrogen-bond donors (Lipinski definition) is 1. The van der Waals surface area contributed by atoms with Crippen LogP contribution in [0.1, 0.15) is 29.3 Å². The van der Waals surface area contributed by atoms with Crippen LogP contribution in [0.3, 0.4) is 0 Å². The lowest BCUT2D eigenvalue weighted by Gasteiger charge is -2.04. The third kappa shape index (κ3) is 3.91. The predicted molar refractivity (Wildman–Crippen MR) is 63.0 cm³/mol. The zero-order valence-electron chi connectivity index (χ0n) is 9.83. The van der Waals surface area contributed by atoms with Crippen molar-refractivity contribution in [1.29, 1.82) is 0 Å². The minimum absolute atomic E-state index is 0.154. The van der Waals surface area contributed by atoms with Crippen LogP contribution < -0.4 is 5.73 Å². The molecule has 18 heavy (non-hydrogen) atoms. The van der Waals surface area contributed by atoms with Gasteiger partial charge in [0.05, 0.1) is 18.6 Å². The van der Waals surface area contributed by atoms with Gasteiger partial charge in [0.25, 0.3) is 0 Å². The smallest absolute Gasteiger partial charge is 0.339 e. The van der Waals surface area contributed by atoms with Gasteiger partial charge < -0.3 is 10.5 Å². The molecule has 4 nitrogen and oxygen atoms in total. The summed E-state index contributed by atoms with van der Waals surface area (Å²) >= 11 is 0. The van der Waals surface area contributed by atoms with Gasteiger partial charge in [-0.3, -0.25) is 4.79 Å². The van der Waals surface area contributed by atoms with E-state index in [1.165, 1.54) is 6.07 Å². The molecule has 94 valence electrons. The zero-order valence-corrected chi connectivity index (χ0v) is 9.83. The van der Waals surface area contributed by atoms with Crippen LogP contribution in [0.25, 0.3) is 0 Å². The molecule has 0 heterocycles. The molecule has 0 aliphatic carbocycles. The van der Waals surface area contributed by atoms with Gasteiger partial charge >= 0.3 is 5.97 Å². The summed E-state index contributed by atoms with van der Waals surface area (Å²) in [5.74, 6) is 3.31. The van der Waals surface area contributed by atoms with E-state index in [0.717, 1.165) is 12.1 Å². The monoisotopic (exact) mass is 249 g/mol. The van der Waals surface area contributed by atoms with Crippen LogP contribution in [0.15, 0.2) is 18.2 Å². The molecule has 5 heteroatoms. The van der Waals surface area contributed by atoms with Crippen LogP contribution in [-0.4, -0.2) is 18.5 Å². The largest absolute Gasteiger partial charge is 0.462 e. The molecule has 0 radical (unpaired) electrons. The Balaban J connectivity index is 3.06. The predicted octanol–water partition coefficient (Wildman–Crippen LogP) is 1.23. The van der Waals surface area contributed by atoms with Gasteiger partial charge in [0.1, 0.15) is 5.82 Å². The number of nitrogens with two attached hydrogens (primary N) is 1. The fourth-order valence-corrected chi connectivity index (χ4v) is 1.23. The molecule has 0 saturated carbocycles. The summed E-state index contributed by atoms with van der Waals surface area (Å²) in [5.41, 5.74) is 5.26. The molecule has 1 rings (SSSR count). The Morgan fingerprint density at radius 3 is 2.78 bits per heavy atom. The van der Waals surface area contributed by atoms with Crippen molar-refractivity contribution in [3.8, 4) is 11.8 Å². The number of esters is 1. The van der Waals surface area contributed by atoms with Gasteiger partial charge in [-0.2, -0.15) is 0 Å². The number of halogens is 1. The van der Waals surface area contributed by atoms with Crippen LogP contribution in [0, 0.1) is 17.7 Å². The maximum absolute atomic E-state index is 13.1. The molecule has 0 unspecified atom stereocenters. The summed E-state index contributed by atoms with van der Waals surface area (Å²) in [4.78, 5) is 22.1. The second kappa shape index (κ2) is 6.40. The van der Waals surface area contributed by atoms with Gasteiger partial charge in [0.15, 0.2) is 0 Å². The van der Waals surface area contributed by atoms with E-state index in [4.69, 9.17) is 10.5 Å². The molecule has 0 fully saturated rings. The van der Waals surface area contributed by atoms with Gasteiger partial charge in [-0.05, 0) is 25.1 Å². The van der Waals surface area contributed by atoms with Crippen LogP contribution in [-0.2, 0) is 9.53 Å². The number of primary amides is 1. The fourth-order valence-electron chi connectivity index (χ4n) is 1.23. The first kappa shape index (κ1) is 13.7. The second-order valence-electron chi connectivity index (χ2n) is 3.36. The molecule has 0 aliphatic heterocycles. The fraction of sp³-hybridized carbons (Fsp3) is 0.231. The lowest BCUT2D eigenvalue weighted by molar-refractivity contribution is -0.117. The van der Waals surface area contributed by atoms with E-state index < -0.39 is 17.7 Å². The summed E-state index contributed by atoms with van der Waals surface area (Å²) in [6.45, 7) is 1.88. The normalized spacial score (nSPS) is 9.22. The third-order valence-electron chi connectivity index (χ3n) is 1.96. The van der Waals surface area contributed by atoms with Crippen LogP contribution >= 0.6 is 0 Å². The van der Waals surface area contributed by atoms with Gasteiger partial charge in [-0.1, -0.05) is 11.8 Å². The van der Waals surface area contributed by atoms with Gasteiger partial charge in [-0.15, -0.1) is 0 Å². The summed E-state index contributed by atoms with van der Waals surface area (Å²) in [6.07, 6.45) is -0.154. The van der Waals surface area contributed by atoms with Crippen molar-refractivity contribution >= 4 is 11.9 Å². The van der Waals surface area contributed by atoms with Crippen molar-refractivity contribution in [3.05, 3.63) is 35.1 Å². The highest BCUT2D eigenvalue weighted by Gasteiger charge is 2.11. The highest BCUT2D eigenvalue weighted by Crippen LogP contribution is 2.11. The van der Waals surface area contributed by atoms with E-state index in [0.29, 0.717) is 0 Å². The molecule has 1 amide bonds. The van der Waals surface area contributed by atoms with E-state index in [1.807, 2.05) is 0 Å². The van der Waals surface area contributed by atoms with E-state index in [9.17, 15) is 14.0 Å². The van der Waals surface area contributed by atoms with E-state index in [-0.39, 0.29) is 24.2 Å². The van der Waals surface area contributed by atoms with Crippen LogP contribution in [0.4, 0.5) is 4.39 Å². The Morgan fingerprint density at radius 2 is 2.17 bits per heavy atom. The molecule has 2 N–H and O–H groups in total. The first-order chi connectivity index (χ1) is 8.54. The van der Waals surface area contributed by atoms with E-state index >= 15 is 0 Å². The number of amides is 1. The summed E-state index contributed by atoms with van der Waals surface area (Å²) in [5, 5.41) is 0. The number of carbonyl (C=O) groups excluding carboxylic acids is 2. The number of benzene rings is 1. The summed E-state index contributed by atoms with van der Waals surface area (Å²) < 4.78 is 17.9. The average Bonchev–Trinajstić information content (AvgIpc) is 2.29. The van der Waals surface area contributed by atoms with Crippen molar-refractivity contribution in [2.24, 2.45) is 5.73 Å². The second-order valence-corrected chi connectivity index (χ2v) is 3.36. The van der Waals surface area contributed by atoms with Crippen molar-refractivity contribution in [2.45, 2.75) is 13.3 Å². The molecule has 0 aliphatic rings. The highest BCUT2D eigenvalue weighted by molar-refractivity contribution is 5.92. The minimum atomic E-state index is -0.586. The lowest BCUT2D eigenvalue weighted by Crippen LogP contribution is -2.09. The molecule has 0 aromatic heterocycles. The SMILES string of the molecule is CCOC(=O)c1ccc(F)cc1C#CCC(N)=O. The Hall–Kier alpha value is -2.35. The number of hydrogen-bond acceptors (Lipinski definition) is 3. The molecule has 1 aromatic carbocycles. The quantitative estimate of drug-likeness (QED) is 0.647. The van der Waals surface area contributed by atoms with Crippen LogP contribution in [0.2, 0.25) is 0 Å². The third-order valence-corrected chi connectivity index (χ3v) is 1.96. The van der Waals surface area contributed by atoms with E-state index in [2.05, 4.69) is 11.8 Å². The number of carbonyl (C=O) groups is 2. The van der Waals surface area contributed by atoms with Crippen molar-refractivity contribution in [2.75, 3.05) is 6.61 Å². The van der Waals surface area contributed by atoms with Crippen molar-refractivity contribution < 1.29 is 18.7 Å². The maximum Gasteiger partial charge on any atom is 0.339 e. The highest BCUT2D eigenvalue weighted by atomic mass is 19.1. The lowest BCUT2D eigenvalue weighted by atomic mass is 10.1. The van der Waals surface area contributed by atoms with Gasteiger partial charge in [0.2, 0.25) is 5.91 Å². The Morgan fingerprint density at radius 1 is 1.44 bits per heavy atom. The zero-order chi connectivity index (χ0) is 13.5. The Bertz CT molecular complexity index is 529. The summed E-state index contributed by atoms with van der Waals surface area (Å²) in [6, 6.07) is 3.55. The first-order valence-electron chi connectivity index (χ1n) is 5.28. The standard InChI is InChI=1S/C13H12FNO3/c1-2-18-13(17)11-7-6-10(14)8-9(11)4-3-5-12(15)16/h6-8H,2,5H2,1H3,(H2,15,16). The first-order valence-corrected chi connectivity index (χ1v) is 5.28. The molecule has 0 bridgehead atoms. The molecule has 0 saturated heterocycles. The average molecular weight is 249 g/mol. The number of rotatable bonds is 3. The minimum Gasteiger partial charge on any atom is -0.462 e. The topological polar surface area (TPSA) is 69.4 Å². The van der Waals surface area contributed by atoms with E-state index in [1.54, 1.807) is 6.92 Å². The Kier molecular flexibility index (Phi) is 4.88.